The van der Waals surface area contributed by atoms with Gasteiger partial charge in [-0.2, -0.15) is 0 Å². The van der Waals surface area contributed by atoms with E-state index in [9.17, 15) is 14.4 Å². The van der Waals surface area contributed by atoms with E-state index in [-0.39, 0.29) is 17.9 Å². The molecule has 2 unspecified atom stereocenters. The van der Waals surface area contributed by atoms with Crippen LogP contribution in [0.3, 0.4) is 0 Å². The van der Waals surface area contributed by atoms with Crippen molar-refractivity contribution in [1.29, 1.82) is 0 Å². The first-order chi connectivity index (χ1) is 16.8. The van der Waals surface area contributed by atoms with Gasteiger partial charge in [-0.05, 0) is 84.9 Å². The Labute approximate surface area is 214 Å². The molecule has 0 saturated heterocycles. The van der Waals surface area contributed by atoms with Gasteiger partial charge >= 0.3 is 6.09 Å². The molecular weight excluding hydrogens is 454 g/mol. The first-order valence-corrected chi connectivity index (χ1v) is 12.5. The number of rotatable bonds is 7. The summed E-state index contributed by atoms with van der Waals surface area (Å²) in [5, 5.41) is 5.75. The van der Waals surface area contributed by atoms with Crippen LogP contribution in [0.4, 0.5) is 10.5 Å². The second-order valence-electron chi connectivity index (χ2n) is 10.9. The molecule has 3 amide bonds. The molecule has 36 heavy (non-hydrogen) atoms. The quantitative estimate of drug-likeness (QED) is 0.533. The SMILES string of the molecule is Cc1cc(C)cc(C(C(=O)Nc2c(C)cccc2C)N(C(=O)C(C)NC(=O)OC(C)(C)C)C2CC2)c1. The van der Waals surface area contributed by atoms with E-state index in [1.54, 1.807) is 32.6 Å². The van der Waals surface area contributed by atoms with Crippen molar-refractivity contribution in [3.63, 3.8) is 0 Å². The standard InChI is InChI=1S/C29H39N3O4/c1-17-14-18(2)16-22(15-17)25(26(33)31-24-19(3)10-9-11-20(24)4)32(23-12-13-23)27(34)21(5)30-28(35)36-29(6,7)8/h9-11,14-16,21,23,25H,12-13H2,1-8H3,(H,30,35)(H,31,33). The molecule has 2 aromatic rings. The molecule has 194 valence electrons. The summed E-state index contributed by atoms with van der Waals surface area (Å²) in [4.78, 5) is 41.7. The third-order valence-corrected chi connectivity index (χ3v) is 6.11. The molecule has 0 spiro atoms. The lowest BCUT2D eigenvalue weighted by Gasteiger charge is -2.34. The molecule has 0 bridgehead atoms. The van der Waals surface area contributed by atoms with E-state index in [0.29, 0.717) is 0 Å². The Kier molecular flexibility index (Phi) is 8.12. The molecule has 0 heterocycles. The number of nitrogens with one attached hydrogen (secondary N) is 2. The number of anilines is 1. The van der Waals surface area contributed by atoms with Crippen LogP contribution in [-0.2, 0) is 14.3 Å². The van der Waals surface area contributed by atoms with Crippen molar-refractivity contribution in [3.05, 3.63) is 64.2 Å². The zero-order chi connectivity index (χ0) is 26.8. The Morgan fingerprint density at radius 1 is 0.972 bits per heavy atom. The van der Waals surface area contributed by atoms with Crippen LogP contribution in [-0.4, -0.2) is 40.5 Å². The summed E-state index contributed by atoms with van der Waals surface area (Å²) in [5.74, 6) is -0.591. The van der Waals surface area contributed by atoms with Gasteiger partial charge in [-0.1, -0.05) is 47.5 Å². The molecule has 2 atom stereocenters. The Balaban J connectivity index is 1.98. The minimum Gasteiger partial charge on any atom is -0.444 e. The van der Waals surface area contributed by atoms with Crippen molar-refractivity contribution < 1.29 is 19.1 Å². The summed E-state index contributed by atoms with van der Waals surface area (Å²) < 4.78 is 5.34. The van der Waals surface area contributed by atoms with E-state index >= 15 is 0 Å². The maximum Gasteiger partial charge on any atom is 0.408 e. The monoisotopic (exact) mass is 493 g/mol. The minimum atomic E-state index is -0.859. The highest BCUT2D eigenvalue weighted by atomic mass is 16.6. The molecular formula is C29H39N3O4. The fourth-order valence-electron chi connectivity index (χ4n) is 4.45. The van der Waals surface area contributed by atoms with Crippen LogP contribution in [0.25, 0.3) is 0 Å². The van der Waals surface area contributed by atoms with Crippen molar-refractivity contribution in [2.45, 2.75) is 92.0 Å². The van der Waals surface area contributed by atoms with E-state index < -0.39 is 23.8 Å². The van der Waals surface area contributed by atoms with Gasteiger partial charge in [-0.3, -0.25) is 9.59 Å². The number of para-hydroxylation sites is 1. The Morgan fingerprint density at radius 3 is 2.03 bits per heavy atom. The number of aryl methyl sites for hydroxylation is 4. The number of ether oxygens (including phenoxy) is 1. The van der Waals surface area contributed by atoms with Gasteiger partial charge in [0.1, 0.15) is 17.7 Å². The first kappa shape index (κ1) is 27.2. The third kappa shape index (κ3) is 6.86. The average Bonchev–Trinajstić information content (AvgIpc) is 3.56. The van der Waals surface area contributed by atoms with Gasteiger partial charge in [0.25, 0.3) is 5.91 Å². The number of carbonyl (C=O) groups is 3. The smallest absolute Gasteiger partial charge is 0.408 e. The lowest BCUT2D eigenvalue weighted by atomic mass is 9.98. The summed E-state index contributed by atoms with van der Waals surface area (Å²) in [6.45, 7) is 14.8. The summed E-state index contributed by atoms with van der Waals surface area (Å²) in [6.07, 6.45) is 0.952. The van der Waals surface area contributed by atoms with Crippen molar-refractivity contribution in [2.24, 2.45) is 0 Å². The van der Waals surface area contributed by atoms with Gasteiger partial charge in [-0.15, -0.1) is 0 Å². The number of hydrogen-bond donors (Lipinski definition) is 2. The molecule has 1 aliphatic carbocycles. The largest absolute Gasteiger partial charge is 0.444 e. The van der Waals surface area contributed by atoms with Crippen LogP contribution in [0, 0.1) is 27.7 Å². The van der Waals surface area contributed by atoms with Crippen molar-refractivity contribution >= 4 is 23.6 Å². The van der Waals surface area contributed by atoms with Crippen molar-refractivity contribution in [3.8, 4) is 0 Å². The van der Waals surface area contributed by atoms with Gasteiger partial charge in [0.2, 0.25) is 5.91 Å². The van der Waals surface area contributed by atoms with Crippen LogP contribution < -0.4 is 10.6 Å². The number of benzene rings is 2. The van der Waals surface area contributed by atoms with Crippen molar-refractivity contribution in [2.75, 3.05) is 5.32 Å². The Morgan fingerprint density at radius 2 is 1.53 bits per heavy atom. The Hall–Kier alpha value is -3.35. The zero-order valence-electron chi connectivity index (χ0n) is 22.7. The summed E-state index contributed by atoms with van der Waals surface area (Å²) >= 11 is 0. The van der Waals surface area contributed by atoms with E-state index in [1.165, 1.54) is 0 Å². The van der Waals surface area contributed by atoms with Gasteiger partial charge in [0.15, 0.2) is 0 Å². The highest BCUT2D eigenvalue weighted by Gasteiger charge is 2.43. The molecule has 1 fully saturated rings. The zero-order valence-corrected chi connectivity index (χ0v) is 22.7. The van der Waals surface area contributed by atoms with E-state index in [1.807, 2.05) is 64.1 Å². The highest BCUT2D eigenvalue weighted by molar-refractivity contribution is 6.00. The Bertz CT molecular complexity index is 1110. The fourth-order valence-corrected chi connectivity index (χ4v) is 4.45. The van der Waals surface area contributed by atoms with Crippen LogP contribution in [0.5, 0.6) is 0 Å². The second-order valence-corrected chi connectivity index (χ2v) is 10.9. The predicted molar refractivity (Wildman–Crippen MR) is 142 cm³/mol. The number of nitrogens with zero attached hydrogens (tertiary/aromatic N) is 1. The van der Waals surface area contributed by atoms with Crippen molar-refractivity contribution in [1.82, 2.24) is 10.2 Å². The minimum absolute atomic E-state index is 0.0741. The predicted octanol–water partition coefficient (Wildman–Crippen LogP) is 5.50. The summed E-state index contributed by atoms with van der Waals surface area (Å²) in [7, 11) is 0. The van der Waals surface area contributed by atoms with Gasteiger partial charge in [0, 0.05) is 11.7 Å². The summed E-state index contributed by atoms with van der Waals surface area (Å²) in [5.41, 5.74) is 4.74. The fraction of sp³-hybridized carbons (Fsp3) is 0.483. The molecule has 2 aromatic carbocycles. The van der Waals surface area contributed by atoms with E-state index in [2.05, 4.69) is 10.6 Å². The second kappa shape index (κ2) is 10.7. The maximum absolute atomic E-state index is 13.9. The topological polar surface area (TPSA) is 87.7 Å². The average molecular weight is 494 g/mol. The molecule has 0 radical (unpaired) electrons. The first-order valence-electron chi connectivity index (χ1n) is 12.5. The lowest BCUT2D eigenvalue weighted by molar-refractivity contribution is -0.141. The molecule has 7 nitrogen and oxygen atoms in total. The third-order valence-electron chi connectivity index (χ3n) is 6.11. The molecule has 2 N–H and O–H groups in total. The van der Waals surface area contributed by atoms with Crippen LogP contribution >= 0.6 is 0 Å². The lowest BCUT2D eigenvalue weighted by Crippen LogP contribution is -2.52. The molecule has 1 aliphatic rings. The number of alkyl carbamates (subject to hydrolysis) is 1. The van der Waals surface area contributed by atoms with Gasteiger partial charge in [-0.25, -0.2) is 4.79 Å². The van der Waals surface area contributed by atoms with Crippen LogP contribution in [0.15, 0.2) is 36.4 Å². The maximum atomic E-state index is 13.9. The van der Waals surface area contributed by atoms with Crippen LogP contribution in [0.2, 0.25) is 0 Å². The summed E-state index contributed by atoms with van der Waals surface area (Å²) in [6, 6.07) is 10.0. The normalized spacial score (nSPS) is 15.0. The van der Waals surface area contributed by atoms with Gasteiger partial charge in [0.05, 0.1) is 0 Å². The molecule has 1 saturated carbocycles. The van der Waals surface area contributed by atoms with Gasteiger partial charge < -0.3 is 20.3 Å². The van der Waals surface area contributed by atoms with E-state index in [0.717, 1.165) is 46.3 Å². The molecule has 7 heteroatoms. The van der Waals surface area contributed by atoms with Crippen LogP contribution in [0.1, 0.15) is 74.4 Å². The molecule has 3 rings (SSSR count). The van der Waals surface area contributed by atoms with E-state index in [4.69, 9.17) is 4.74 Å². The number of carbonyl (C=O) groups excluding carboxylic acids is 3. The molecule has 0 aliphatic heterocycles. The number of hydrogen-bond acceptors (Lipinski definition) is 4. The highest BCUT2D eigenvalue weighted by Crippen LogP contribution is 2.37. The number of amides is 3. The molecule has 0 aromatic heterocycles.